The van der Waals surface area contributed by atoms with Crippen molar-refractivity contribution >= 4 is 15.9 Å². The molecular weight excluding hydrogens is 304 g/mol. The Kier molecular flexibility index (Phi) is 3.86. The standard InChI is InChI=1S/C16H21BrO2/c1-10(18)15-8-14(17)4-5-16(15)19-9-13-7-11-2-3-12(13)6-11/h4-5,8,10-13,18H,2-3,6-7,9H2,1H3. The van der Waals surface area contributed by atoms with Crippen molar-refractivity contribution in [3.63, 3.8) is 0 Å². The Hall–Kier alpha value is -0.540. The zero-order chi connectivity index (χ0) is 13.4. The Morgan fingerprint density at radius 3 is 2.84 bits per heavy atom. The van der Waals surface area contributed by atoms with Crippen LogP contribution in [0.15, 0.2) is 22.7 Å². The molecule has 3 rings (SSSR count). The smallest absolute Gasteiger partial charge is 0.125 e. The predicted molar refractivity (Wildman–Crippen MR) is 79.2 cm³/mol. The molecule has 0 heterocycles. The molecule has 1 N–H and O–H groups in total. The molecular formula is C16H21BrO2. The summed E-state index contributed by atoms with van der Waals surface area (Å²) >= 11 is 3.44. The number of rotatable bonds is 4. The van der Waals surface area contributed by atoms with Gasteiger partial charge in [-0.15, -0.1) is 0 Å². The fourth-order valence-electron chi connectivity index (χ4n) is 3.75. The summed E-state index contributed by atoms with van der Waals surface area (Å²) in [6.45, 7) is 2.59. The van der Waals surface area contributed by atoms with Crippen molar-refractivity contribution in [1.29, 1.82) is 0 Å². The van der Waals surface area contributed by atoms with Crippen molar-refractivity contribution < 1.29 is 9.84 Å². The molecule has 1 aromatic carbocycles. The van der Waals surface area contributed by atoms with Gasteiger partial charge in [-0.25, -0.2) is 0 Å². The van der Waals surface area contributed by atoms with Crippen LogP contribution in [0.4, 0.5) is 0 Å². The average molecular weight is 325 g/mol. The molecule has 0 aliphatic heterocycles. The molecule has 2 saturated carbocycles. The van der Waals surface area contributed by atoms with Gasteiger partial charge in [0.25, 0.3) is 0 Å². The molecule has 0 amide bonds. The third-order valence-electron chi connectivity index (χ3n) is 4.76. The highest BCUT2D eigenvalue weighted by Gasteiger charge is 2.39. The molecule has 3 heteroatoms. The summed E-state index contributed by atoms with van der Waals surface area (Å²) in [5, 5.41) is 9.83. The maximum Gasteiger partial charge on any atom is 0.125 e. The van der Waals surface area contributed by atoms with E-state index in [4.69, 9.17) is 4.74 Å². The largest absolute Gasteiger partial charge is 0.493 e. The molecule has 2 aliphatic rings. The number of hydrogen-bond donors (Lipinski definition) is 1. The van der Waals surface area contributed by atoms with E-state index in [1.54, 1.807) is 6.92 Å². The molecule has 2 nitrogen and oxygen atoms in total. The molecule has 19 heavy (non-hydrogen) atoms. The second-order valence-corrected chi connectivity index (χ2v) is 7.02. The minimum Gasteiger partial charge on any atom is -0.493 e. The van der Waals surface area contributed by atoms with Gasteiger partial charge in [-0.1, -0.05) is 22.4 Å². The molecule has 104 valence electrons. The number of hydrogen-bond acceptors (Lipinski definition) is 2. The van der Waals surface area contributed by atoms with Crippen LogP contribution in [-0.2, 0) is 0 Å². The first-order valence-electron chi connectivity index (χ1n) is 7.24. The minimum atomic E-state index is -0.493. The molecule has 2 aliphatic carbocycles. The SMILES string of the molecule is CC(O)c1cc(Br)ccc1OCC1CC2CCC1C2. The van der Waals surface area contributed by atoms with Crippen LogP contribution in [0, 0.1) is 17.8 Å². The second-order valence-electron chi connectivity index (χ2n) is 6.10. The molecule has 1 aromatic rings. The first-order chi connectivity index (χ1) is 9.13. The summed E-state index contributed by atoms with van der Waals surface area (Å²) in [6, 6.07) is 5.88. The Morgan fingerprint density at radius 1 is 1.37 bits per heavy atom. The van der Waals surface area contributed by atoms with Crippen LogP contribution in [0.1, 0.15) is 44.3 Å². The number of ether oxygens (including phenoxy) is 1. The lowest BCUT2D eigenvalue weighted by molar-refractivity contribution is 0.172. The van der Waals surface area contributed by atoms with E-state index in [0.29, 0.717) is 0 Å². The highest BCUT2D eigenvalue weighted by molar-refractivity contribution is 9.10. The van der Waals surface area contributed by atoms with Crippen LogP contribution in [-0.4, -0.2) is 11.7 Å². The zero-order valence-electron chi connectivity index (χ0n) is 11.3. The highest BCUT2D eigenvalue weighted by Crippen LogP contribution is 2.48. The summed E-state index contributed by atoms with van der Waals surface area (Å²) in [7, 11) is 0. The zero-order valence-corrected chi connectivity index (χ0v) is 12.9. The molecule has 2 bridgehead atoms. The van der Waals surface area contributed by atoms with Gasteiger partial charge >= 0.3 is 0 Å². The molecule has 0 radical (unpaired) electrons. The average Bonchev–Trinajstić information content (AvgIpc) is 2.99. The number of fused-ring (bicyclic) bond motifs is 2. The second kappa shape index (κ2) is 5.45. The van der Waals surface area contributed by atoms with Gasteiger partial charge in [-0.3, -0.25) is 0 Å². The van der Waals surface area contributed by atoms with Crippen molar-refractivity contribution in [3.05, 3.63) is 28.2 Å². The van der Waals surface area contributed by atoms with Crippen LogP contribution < -0.4 is 4.74 Å². The predicted octanol–water partition coefficient (Wildman–Crippen LogP) is 4.32. The normalized spacial score (nSPS) is 30.6. The van der Waals surface area contributed by atoms with Crippen molar-refractivity contribution in [2.75, 3.05) is 6.61 Å². The fourth-order valence-corrected chi connectivity index (χ4v) is 4.13. The van der Waals surface area contributed by atoms with Crippen LogP contribution in [0.3, 0.4) is 0 Å². The van der Waals surface area contributed by atoms with Gasteiger partial charge in [-0.2, -0.15) is 0 Å². The van der Waals surface area contributed by atoms with Gasteiger partial charge in [0, 0.05) is 10.0 Å². The minimum absolute atomic E-state index is 0.493. The van der Waals surface area contributed by atoms with E-state index in [2.05, 4.69) is 15.9 Å². The highest BCUT2D eigenvalue weighted by atomic mass is 79.9. The lowest BCUT2D eigenvalue weighted by Gasteiger charge is -2.23. The van der Waals surface area contributed by atoms with E-state index in [9.17, 15) is 5.11 Å². The molecule has 2 fully saturated rings. The van der Waals surface area contributed by atoms with E-state index in [1.807, 2.05) is 18.2 Å². The van der Waals surface area contributed by atoms with Gasteiger partial charge in [0.1, 0.15) is 5.75 Å². The van der Waals surface area contributed by atoms with Gasteiger partial charge in [0.2, 0.25) is 0 Å². The maximum atomic E-state index is 9.83. The van der Waals surface area contributed by atoms with Gasteiger partial charge < -0.3 is 9.84 Å². The molecule has 0 spiro atoms. The summed E-state index contributed by atoms with van der Waals surface area (Å²) in [6.07, 6.45) is 5.08. The van der Waals surface area contributed by atoms with E-state index in [1.165, 1.54) is 25.7 Å². The summed E-state index contributed by atoms with van der Waals surface area (Å²) in [5.41, 5.74) is 0.873. The van der Waals surface area contributed by atoms with Gasteiger partial charge in [0.15, 0.2) is 0 Å². The summed E-state index contributed by atoms with van der Waals surface area (Å²) in [5.74, 6) is 3.40. The Bertz CT molecular complexity index is 458. The third-order valence-corrected chi connectivity index (χ3v) is 5.25. The topological polar surface area (TPSA) is 29.5 Å². The number of benzene rings is 1. The van der Waals surface area contributed by atoms with Crippen molar-refractivity contribution in [2.45, 2.75) is 38.7 Å². The Balaban J connectivity index is 1.66. The van der Waals surface area contributed by atoms with Crippen LogP contribution in [0.5, 0.6) is 5.75 Å². The number of aliphatic hydroxyl groups is 1. The summed E-state index contributed by atoms with van der Waals surface area (Å²) in [4.78, 5) is 0. The van der Waals surface area contributed by atoms with E-state index >= 15 is 0 Å². The van der Waals surface area contributed by atoms with Crippen molar-refractivity contribution in [1.82, 2.24) is 0 Å². The molecule has 4 unspecified atom stereocenters. The van der Waals surface area contributed by atoms with Crippen molar-refractivity contribution in [3.8, 4) is 5.75 Å². The lowest BCUT2D eigenvalue weighted by Crippen LogP contribution is -2.19. The van der Waals surface area contributed by atoms with E-state index in [-0.39, 0.29) is 0 Å². The Morgan fingerprint density at radius 2 is 2.21 bits per heavy atom. The molecule has 0 aromatic heterocycles. The number of aliphatic hydroxyl groups excluding tert-OH is 1. The van der Waals surface area contributed by atoms with Crippen LogP contribution >= 0.6 is 15.9 Å². The first kappa shape index (κ1) is 13.4. The van der Waals surface area contributed by atoms with Crippen LogP contribution in [0.25, 0.3) is 0 Å². The fraction of sp³-hybridized carbons (Fsp3) is 0.625. The Labute approximate surface area is 123 Å². The lowest BCUT2D eigenvalue weighted by atomic mass is 9.89. The maximum absolute atomic E-state index is 9.83. The molecule has 4 atom stereocenters. The van der Waals surface area contributed by atoms with Gasteiger partial charge in [0.05, 0.1) is 12.7 Å². The quantitative estimate of drug-likeness (QED) is 0.893. The van der Waals surface area contributed by atoms with Crippen molar-refractivity contribution in [2.24, 2.45) is 17.8 Å². The number of halogens is 1. The van der Waals surface area contributed by atoms with Gasteiger partial charge in [-0.05, 0) is 62.1 Å². The third kappa shape index (κ3) is 2.82. The first-order valence-corrected chi connectivity index (χ1v) is 8.03. The van der Waals surface area contributed by atoms with E-state index < -0.39 is 6.10 Å². The monoisotopic (exact) mass is 324 g/mol. The van der Waals surface area contributed by atoms with Crippen LogP contribution in [0.2, 0.25) is 0 Å². The molecule has 0 saturated heterocycles. The van der Waals surface area contributed by atoms with E-state index in [0.717, 1.165) is 40.1 Å². The summed E-state index contributed by atoms with van der Waals surface area (Å²) < 4.78 is 6.99.